The lowest BCUT2D eigenvalue weighted by Gasteiger charge is -2.08. The van der Waals surface area contributed by atoms with Crippen LogP contribution in [-0.2, 0) is 0 Å². The van der Waals surface area contributed by atoms with Crippen LogP contribution in [0.2, 0.25) is 0 Å². The van der Waals surface area contributed by atoms with Gasteiger partial charge in [0.05, 0.1) is 0 Å². The van der Waals surface area contributed by atoms with E-state index in [9.17, 15) is 9.60 Å². The van der Waals surface area contributed by atoms with Crippen molar-refractivity contribution in [1.29, 1.82) is 0 Å². The molecule has 4 nitrogen and oxygen atoms in total. The lowest BCUT2D eigenvalue weighted by molar-refractivity contribution is 0.308. The zero-order valence-electron chi connectivity index (χ0n) is 13.1. The number of hydrogen-bond acceptors (Lipinski definition) is 4. The number of fused-ring (bicyclic) bond motifs is 3. The Balaban J connectivity index is 1.59. The summed E-state index contributed by atoms with van der Waals surface area (Å²) in [5.74, 6) is 0.279. The number of para-hydroxylation sites is 1. The van der Waals surface area contributed by atoms with Gasteiger partial charge < -0.3 is 14.4 Å². The van der Waals surface area contributed by atoms with E-state index < -0.39 is 0 Å². The minimum atomic E-state index is -0.348. The second-order valence-corrected chi connectivity index (χ2v) is 5.60. The average Bonchev–Trinajstić information content (AvgIpc) is 3.01. The fourth-order valence-corrected chi connectivity index (χ4v) is 2.76. The number of halogens is 1. The number of oxime groups is 1. The van der Waals surface area contributed by atoms with Crippen molar-refractivity contribution in [3.05, 3.63) is 78.1 Å². The smallest absolute Gasteiger partial charge is 0.135 e. The lowest BCUT2D eigenvalue weighted by Crippen LogP contribution is -2.13. The largest absolute Gasteiger partial charge is 0.487 e. The highest BCUT2D eigenvalue weighted by molar-refractivity contribution is 6.05. The zero-order chi connectivity index (χ0) is 17.2. The van der Waals surface area contributed by atoms with E-state index >= 15 is 0 Å². The molecule has 0 bridgehead atoms. The van der Waals surface area contributed by atoms with Gasteiger partial charge in [0.25, 0.3) is 0 Å². The fourth-order valence-electron chi connectivity index (χ4n) is 2.76. The summed E-state index contributed by atoms with van der Waals surface area (Å²) in [4.78, 5) is 0. The van der Waals surface area contributed by atoms with E-state index in [0.717, 1.165) is 21.9 Å². The Morgan fingerprint density at radius 1 is 0.960 bits per heavy atom. The van der Waals surface area contributed by atoms with Crippen LogP contribution in [-0.4, -0.2) is 17.5 Å². The quantitative estimate of drug-likeness (QED) is 0.325. The van der Waals surface area contributed by atoms with E-state index in [4.69, 9.17) is 9.15 Å². The lowest BCUT2D eigenvalue weighted by atomic mass is 10.1. The van der Waals surface area contributed by atoms with Gasteiger partial charge in [-0.25, -0.2) is 4.39 Å². The van der Waals surface area contributed by atoms with Crippen molar-refractivity contribution in [3.63, 3.8) is 0 Å². The third kappa shape index (κ3) is 2.92. The normalized spacial score (nSPS) is 12.0. The predicted octanol–water partition coefficient (Wildman–Crippen LogP) is 4.98. The Morgan fingerprint density at radius 3 is 2.52 bits per heavy atom. The molecule has 0 unspecified atom stereocenters. The first kappa shape index (κ1) is 15.2. The van der Waals surface area contributed by atoms with E-state index in [1.807, 2.05) is 36.4 Å². The average molecular weight is 335 g/mol. The maximum Gasteiger partial charge on any atom is 0.135 e. The summed E-state index contributed by atoms with van der Waals surface area (Å²) in [7, 11) is 0. The summed E-state index contributed by atoms with van der Waals surface area (Å²) in [6.07, 6.45) is 0. The van der Waals surface area contributed by atoms with Gasteiger partial charge in [-0.3, -0.25) is 0 Å². The molecule has 0 saturated heterocycles. The van der Waals surface area contributed by atoms with Gasteiger partial charge in [0, 0.05) is 16.3 Å². The fraction of sp³-hybridized carbons (Fsp3) is 0.0500. The van der Waals surface area contributed by atoms with Gasteiger partial charge in [-0.2, -0.15) is 0 Å². The molecule has 0 amide bonds. The molecule has 4 rings (SSSR count). The van der Waals surface area contributed by atoms with Crippen molar-refractivity contribution in [2.45, 2.75) is 0 Å². The Kier molecular flexibility index (Phi) is 3.82. The Morgan fingerprint density at radius 2 is 1.72 bits per heavy atom. The van der Waals surface area contributed by atoms with Crippen LogP contribution in [0.5, 0.6) is 5.75 Å². The van der Waals surface area contributed by atoms with E-state index in [1.54, 1.807) is 18.2 Å². The number of nitrogens with zero attached hydrogens (tertiary/aromatic N) is 1. The van der Waals surface area contributed by atoms with Gasteiger partial charge in [0.1, 0.15) is 35.1 Å². The first-order valence-electron chi connectivity index (χ1n) is 7.75. The van der Waals surface area contributed by atoms with Crippen molar-refractivity contribution >= 4 is 27.7 Å². The highest BCUT2D eigenvalue weighted by atomic mass is 19.1. The van der Waals surface area contributed by atoms with Crippen molar-refractivity contribution in [2.24, 2.45) is 5.16 Å². The van der Waals surface area contributed by atoms with Crippen molar-refractivity contribution in [2.75, 3.05) is 6.61 Å². The molecule has 1 aromatic heterocycles. The molecule has 0 spiro atoms. The molecule has 0 radical (unpaired) electrons. The maximum atomic E-state index is 13.0. The van der Waals surface area contributed by atoms with Gasteiger partial charge in [-0.05, 0) is 48.5 Å². The minimum Gasteiger partial charge on any atom is -0.487 e. The van der Waals surface area contributed by atoms with Gasteiger partial charge >= 0.3 is 0 Å². The van der Waals surface area contributed by atoms with Crippen LogP contribution in [0.25, 0.3) is 21.9 Å². The molecule has 0 aliphatic rings. The molecular formula is C20H14FNO3. The number of rotatable bonds is 4. The molecule has 3 aromatic carbocycles. The maximum absolute atomic E-state index is 13.0. The van der Waals surface area contributed by atoms with Crippen molar-refractivity contribution < 1.29 is 18.8 Å². The number of hydrogen-bond donors (Lipinski definition) is 1. The summed E-state index contributed by atoms with van der Waals surface area (Å²) >= 11 is 0. The first-order chi connectivity index (χ1) is 12.2. The van der Waals surface area contributed by atoms with E-state index in [-0.39, 0.29) is 12.4 Å². The molecular weight excluding hydrogens is 321 g/mol. The van der Waals surface area contributed by atoms with Gasteiger partial charge in [0.15, 0.2) is 0 Å². The van der Waals surface area contributed by atoms with E-state index in [1.165, 1.54) is 12.1 Å². The second kappa shape index (κ2) is 6.28. The van der Waals surface area contributed by atoms with Gasteiger partial charge in [-0.15, -0.1) is 0 Å². The first-order valence-corrected chi connectivity index (χ1v) is 7.75. The van der Waals surface area contributed by atoms with E-state index in [0.29, 0.717) is 17.0 Å². The highest BCUT2D eigenvalue weighted by Gasteiger charge is 2.09. The van der Waals surface area contributed by atoms with Crippen LogP contribution in [0.1, 0.15) is 5.56 Å². The van der Waals surface area contributed by atoms with Crippen molar-refractivity contribution in [1.82, 2.24) is 0 Å². The van der Waals surface area contributed by atoms with Crippen LogP contribution in [0.3, 0.4) is 0 Å². The van der Waals surface area contributed by atoms with Crippen LogP contribution >= 0.6 is 0 Å². The Bertz CT molecular complexity index is 1070. The predicted molar refractivity (Wildman–Crippen MR) is 93.9 cm³/mol. The van der Waals surface area contributed by atoms with E-state index in [2.05, 4.69) is 5.16 Å². The Hall–Kier alpha value is -3.34. The topological polar surface area (TPSA) is 55.0 Å². The van der Waals surface area contributed by atoms with Crippen LogP contribution < -0.4 is 4.74 Å². The van der Waals surface area contributed by atoms with Crippen LogP contribution in [0, 0.1) is 5.82 Å². The van der Waals surface area contributed by atoms with Gasteiger partial charge in [-0.1, -0.05) is 23.4 Å². The summed E-state index contributed by atoms with van der Waals surface area (Å²) < 4.78 is 24.5. The summed E-state index contributed by atoms with van der Waals surface area (Å²) in [6, 6.07) is 19.0. The third-order valence-electron chi connectivity index (χ3n) is 4.02. The second-order valence-electron chi connectivity index (χ2n) is 5.60. The summed E-state index contributed by atoms with van der Waals surface area (Å²) in [5.41, 5.74) is 2.51. The molecule has 0 fully saturated rings. The molecule has 4 aromatic rings. The molecule has 0 atom stereocenters. The highest BCUT2D eigenvalue weighted by Crippen LogP contribution is 2.31. The summed E-state index contributed by atoms with van der Waals surface area (Å²) in [6.45, 7) is 0.0590. The van der Waals surface area contributed by atoms with Crippen LogP contribution in [0.15, 0.2) is 76.3 Å². The molecule has 0 aliphatic heterocycles. The Labute approximate surface area is 142 Å². The summed E-state index contributed by atoms with van der Waals surface area (Å²) in [5, 5.41) is 14.4. The number of furan rings is 1. The monoisotopic (exact) mass is 335 g/mol. The van der Waals surface area contributed by atoms with Gasteiger partial charge in [0.2, 0.25) is 0 Å². The molecule has 0 saturated carbocycles. The van der Waals surface area contributed by atoms with Crippen LogP contribution in [0.4, 0.5) is 4.39 Å². The standard InChI is InChI=1S/C20H14FNO3/c21-14-7-5-13(6-8-14)18(22-23)12-24-15-9-10-20-17(11-15)16-3-1-2-4-19(16)25-20/h1-11,23H,12H2/b22-18+. The number of benzene rings is 3. The molecule has 25 heavy (non-hydrogen) atoms. The zero-order valence-corrected chi connectivity index (χ0v) is 13.1. The molecule has 124 valence electrons. The minimum absolute atomic E-state index is 0.0590. The third-order valence-corrected chi connectivity index (χ3v) is 4.02. The van der Waals surface area contributed by atoms with Crippen molar-refractivity contribution in [3.8, 4) is 5.75 Å². The number of ether oxygens (including phenoxy) is 1. The molecule has 1 N–H and O–H groups in total. The SMILES string of the molecule is O/N=C(\COc1ccc2oc3ccccc3c2c1)c1ccc(F)cc1. The molecule has 0 aliphatic carbocycles. The molecule has 1 heterocycles. The molecule has 5 heteroatoms.